The van der Waals surface area contributed by atoms with E-state index in [1.165, 1.54) is 0 Å². The van der Waals surface area contributed by atoms with E-state index in [1.54, 1.807) is 0 Å². The highest BCUT2D eigenvalue weighted by molar-refractivity contribution is 5.71. The van der Waals surface area contributed by atoms with Crippen molar-refractivity contribution in [1.82, 2.24) is 15.0 Å². The van der Waals surface area contributed by atoms with Gasteiger partial charge in [-0.15, -0.1) is 0 Å². The summed E-state index contributed by atoms with van der Waals surface area (Å²) in [5.74, 6) is 0.159. The fraction of sp³-hybridized carbons (Fsp3) is 0.750. The van der Waals surface area contributed by atoms with Gasteiger partial charge in [0, 0.05) is 13.0 Å². The van der Waals surface area contributed by atoms with Gasteiger partial charge in [0.15, 0.2) is 0 Å². The van der Waals surface area contributed by atoms with E-state index in [4.69, 9.17) is 4.74 Å². The second-order valence-corrected chi connectivity index (χ2v) is 4.00. The quantitative estimate of drug-likeness (QED) is 0.685. The molecule has 0 amide bonds. The summed E-state index contributed by atoms with van der Waals surface area (Å²) in [5, 5.41) is 7.92. The Morgan fingerprint density at radius 2 is 2.06 bits per heavy atom. The van der Waals surface area contributed by atoms with Crippen LogP contribution in [0.4, 0.5) is 0 Å². The van der Waals surface area contributed by atoms with Gasteiger partial charge >= 0.3 is 5.97 Å². The van der Waals surface area contributed by atoms with Crippen LogP contribution in [0.1, 0.15) is 52.1 Å². The number of ether oxygens (including phenoxy) is 1. The van der Waals surface area contributed by atoms with E-state index in [0.29, 0.717) is 12.3 Å². The van der Waals surface area contributed by atoms with E-state index in [9.17, 15) is 4.79 Å². The molecule has 0 aliphatic heterocycles. The molecular formula is C12H21N3O2. The van der Waals surface area contributed by atoms with E-state index in [-0.39, 0.29) is 5.97 Å². The van der Waals surface area contributed by atoms with Gasteiger partial charge in [-0.05, 0) is 19.3 Å². The third-order valence-electron chi connectivity index (χ3n) is 2.52. The number of aromatic nitrogens is 3. The molecule has 0 fully saturated rings. The summed E-state index contributed by atoms with van der Waals surface area (Å²) in [7, 11) is 0. The SMILES string of the molecule is CCCCC(=O)Oc1nnn(CCC)c1CC. The number of aryl methyl sites for hydroxylation is 1. The fourth-order valence-electron chi connectivity index (χ4n) is 1.60. The van der Waals surface area contributed by atoms with E-state index < -0.39 is 0 Å². The van der Waals surface area contributed by atoms with Crippen LogP contribution in [0.25, 0.3) is 0 Å². The first kappa shape index (κ1) is 13.7. The lowest BCUT2D eigenvalue weighted by atomic mass is 10.2. The molecule has 0 aliphatic rings. The zero-order valence-corrected chi connectivity index (χ0v) is 10.9. The Labute approximate surface area is 102 Å². The molecule has 17 heavy (non-hydrogen) atoms. The molecule has 0 aliphatic carbocycles. The summed E-state index contributed by atoms with van der Waals surface area (Å²) in [6.07, 6.45) is 4.03. The maximum absolute atomic E-state index is 11.5. The zero-order chi connectivity index (χ0) is 12.7. The lowest BCUT2D eigenvalue weighted by Crippen LogP contribution is -2.10. The Bertz CT molecular complexity index is 361. The van der Waals surface area contributed by atoms with Gasteiger partial charge in [-0.1, -0.05) is 37.5 Å². The fourth-order valence-corrected chi connectivity index (χ4v) is 1.60. The first-order valence-electron chi connectivity index (χ1n) is 6.35. The number of carbonyl (C=O) groups excluding carboxylic acids is 1. The number of hydrogen-bond donors (Lipinski definition) is 0. The first-order chi connectivity index (χ1) is 8.22. The Morgan fingerprint density at radius 3 is 2.65 bits per heavy atom. The molecule has 5 nitrogen and oxygen atoms in total. The molecule has 0 spiro atoms. The van der Waals surface area contributed by atoms with Crippen molar-refractivity contribution in [2.45, 2.75) is 59.4 Å². The average molecular weight is 239 g/mol. The van der Waals surface area contributed by atoms with E-state index in [2.05, 4.69) is 17.2 Å². The third kappa shape index (κ3) is 3.84. The van der Waals surface area contributed by atoms with Gasteiger partial charge in [-0.2, -0.15) is 0 Å². The number of carbonyl (C=O) groups is 1. The minimum absolute atomic E-state index is 0.218. The predicted molar refractivity (Wildman–Crippen MR) is 64.9 cm³/mol. The van der Waals surface area contributed by atoms with Crippen LogP contribution in [-0.4, -0.2) is 21.0 Å². The van der Waals surface area contributed by atoms with Crippen LogP contribution in [0.15, 0.2) is 0 Å². The highest BCUT2D eigenvalue weighted by Crippen LogP contribution is 2.16. The summed E-state index contributed by atoms with van der Waals surface area (Å²) in [6, 6.07) is 0. The molecule has 96 valence electrons. The van der Waals surface area contributed by atoms with Gasteiger partial charge in [0.2, 0.25) is 0 Å². The van der Waals surface area contributed by atoms with Gasteiger partial charge in [0.25, 0.3) is 5.88 Å². The van der Waals surface area contributed by atoms with Crippen LogP contribution in [-0.2, 0) is 17.8 Å². The van der Waals surface area contributed by atoms with Crippen LogP contribution < -0.4 is 4.74 Å². The van der Waals surface area contributed by atoms with Crippen molar-refractivity contribution in [1.29, 1.82) is 0 Å². The molecule has 0 N–H and O–H groups in total. The van der Waals surface area contributed by atoms with Crippen molar-refractivity contribution >= 4 is 5.97 Å². The summed E-state index contributed by atoms with van der Waals surface area (Å²) in [5.41, 5.74) is 0.900. The van der Waals surface area contributed by atoms with E-state index in [0.717, 1.165) is 37.9 Å². The maximum Gasteiger partial charge on any atom is 0.312 e. The molecule has 0 atom stereocenters. The van der Waals surface area contributed by atoms with Crippen molar-refractivity contribution in [3.8, 4) is 5.88 Å². The lowest BCUT2D eigenvalue weighted by Gasteiger charge is -2.04. The van der Waals surface area contributed by atoms with E-state index in [1.807, 2.05) is 18.5 Å². The molecule has 5 heteroatoms. The van der Waals surface area contributed by atoms with Crippen LogP contribution in [0.3, 0.4) is 0 Å². The second-order valence-electron chi connectivity index (χ2n) is 4.00. The average Bonchev–Trinajstić information content (AvgIpc) is 2.69. The number of unbranched alkanes of at least 4 members (excludes halogenated alkanes) is 1. The molecule has 0 aromatic carbocycles. The molecule has 0 radical (unpaired) electrons. The molecule has 0 saturated carbocycles. The summed E-state index contributed by atoms with van der Waals surface area (Å²) in [6.45, 7) is 6.94. The van der Waals surface area contributed by atoms with Gasteiger partial charge in [0.05, 0.1) is 0 Å². The van der Waals surface area contributed by atoms with Gasteiger partial charge in [0.1, 0.15) is 5.69 Å². The molecular weight excluding hydrogens is 218 g/mol. The molecule has 0 saturated heterocycles. The minimum atomic E-state index is -0.218. The van der Waals surface area contributed by atoms with Crippen molar-refractivity contribution in [2.75, 3.05) is 0 Å². The number of rotatable bonds is 7. The highest BCUT2D eigenvalue weighted by Gasteiger charge is 2.15. The number of nitrogens with zero attached hydrogens (tertiary/aromatic N) is 3. The van der Waals surface area contributed by atoms with Crippen molar-refractivity contribution < 1.29 is 9.53 Å². The molecule has 0 unspecified atom stereocenters. The monoisotopic (exact) mass is 239 g/mol. The van der Waals surface area contributed by atoms with Crippen LogP contribution in [0.5, 0.6) is 5.88 Å². The Morgan fingerprint density at radius 1 is 1.29 bits per heavy atom. The van der Waals surface area contributed by atoms with Crippen molar-refractivity contribution in [2.24, 2.45) is 0 Å². The Hall–Kier alpha value is -1.39. The van der Waals surface area contributed by atoms with Crippen molar-refractivity contribution in [3.05, 3.63) is 5.69 Å². The topological polar surface area (TPSA) is 57.0 Å². The predicted octanol–water partition coefficient (Wildman–Crippen LogP) is 2.35. The van der Waals surface area contributed by atoms with Gasteiger partial charge < -0.3 is 4.74 Å². The first-order valence-corrected chi connectivity index (χ1v) is 6.35. The smallest absolute Gasteiger partial charge is 0.312 e. The molecule has 1 heterocycles. The normalized spacial score (nSPS) is 10.5. The largest absolute Gasteiger partial charge is 0.404 e. The Kier molecular flexibility index (Phi) is 5.66. The molecule has 0 bridgehead atoms. The molecule has 1 aromatic rings. The number of hydrogen-bond acceptors (Lipinski definition) is 4. The summed E-state index contributed by atoms with van der Waals surface area (Å²) >= 11 is 0. The van der Waals surface area contributed by atoms with Gasteiger partial charge in [-0.3, -0.25) is 4.79 Å². The van der Waals surface area contributed by atoms with Crippen LogP contribution in [0.2, 0.25) is 0 Å². The molecule has 1 aromatic heterocycles. The lowest BCUT2D eigenvalue weighted by molar-refractivity contribution is -0.134. The zero-order valence-electron chi connectivity index (χ0n) is 10.9. The minimum Gasteiger partial charge on any atom is -0.404 e. The van der Waals surface area contributed by atoms with Crippen LogP contribution in [0, 0.1) is 0 Å². The van der Waals surface area contributed by atoms with Crippen molar-refractivity contribution in [3.63, 3.8) is 0 Å². The third-order valence-corrected chi connectivity index (χ3v) is 2.52. The standard InChI is InChI=1S/C12H21N3O2/c1-4-7-8-11(16)17-12-10(6-3)15(9-5-2)14-13-12/h4-9H2,1-3H3. The van der Waals surface area contributed by atoms with E-state index >= 15 is 0 Å². The summed E-state index contributed by atoms with van der Waals surface area (Å²) in [4.78, 5) is 11.5. The van der Waals surface area contributed by atoms with Gasteiger partial charge in [-0.25, -0.2) is 4.68 Å². The highest BCUT2D eigenvalue weighted by atomic mass is 16.5. The Balaban J connectivity index is 2.67. The maximum atomic E-state index is 11.5. The second kappa shape index (κ2) is 7.04. The molecule has 1 rings (SSSR count). The number of esters is 1. The van der Waals surface area contributed by atoms with Crippen LogP contribution >= 0.6 is 0 Å². The summed E-state index contributed by atoms with van der Waals surface area (Å²) < 4.78 is 7.04.